The zero-order valence-corrected chi connectivity index (χ0v) is 16.5. The Morgan fingerprint density at radius 3 is 2.93 bits per heavy atom. The highest BCUT2D eigenvalue weighted by Gasteiger charge is 2.29. The summed E-state index contributed by atoms with van der Waals surface area (Å²) < 4.78 is 20.1. The number of aromatic nitrogens is 1. The summed E-state index contributed by atoms with van der Waals surface area (Å²) >= 11 is 2.00. The first-order valence-electron chi connectivity index (χ1n) is 9.03. The smallest absolute Gasteiger partial charge is 0.191 e. The highest BCUT2D eigenvalue weighted by molar-refractivity contribution is 8.00. The van der Waals surface area contributed by atoms with E-state index in [1.807, 2.05) is 17.8 Å². The fourth-order valence-electron chi connectivity index (χ4n) is 2.92. The van der Waals surface area contributed by atoms with E-state index < -0.39 is 5.82 Å². The van der Waals surface area contributed by atoms with E-state index in [9.17, 15) is 4.39 Å². The molecule has 2 aromatic rings. The minimum atomic E-state index is -0.407. The summed E-state index contributed by atoms with van der Waals surface area (Å²) in [4.78, 5) is 8.21. The van der Waals surface area contributed by atoms with Crippen molar-refractivity contribution in [3.05, 3.63) is 54.1 Å². The van der Waals surface area contributed by atoms with Gasteiger partial charge in [-0.3, -0.25) is 9.98 Å². The molecule has 0 amide bonds. The predicted molar refractivity (Wildman–Crippen MR) is 109 cm³/mol. The monoisotopic (exact) mass is 388 g/mol. The first-order chi connectivity index (χ1) is 13.1. The SMILES string of the molecule is CN=C(NCc1ccc(Oc2cccnc2)c(F)c1)NCC1(C)CCCS1. The van der Waals surface area contributed by atoms with Gasteiger partial charge in [0.2, 0.25) is 0 Å². The number of nitrogens with one attached hydrogen (secondary N) is 2. The summed E-state index contributed by atoms with van der Waals surface area (Å²) in [7, 11) is 1.74. The molecule has 1 fully saturated rings. The number of hydrogen-bond donors (Lipinski definition) is 2. The number of benzene rings is 1. The maximum absolute atomic E-state index is 14.3. The summed E-state index contributed by atoms with van der Waals surface area (Å²) in [6, 6.07) is 8.42. The molecule has 7 heteroatoms. The largest absolute Gasteiger partial charge is 0.453 e. The summed E-state index contributed by atoms with van der Waals surface area (Å²) in [5.74, 6) is 2.22. The first kappa shape index (κ1) is 19.5. The van der Waals surface area contributed by atoms with Gasteiger partial charge < -0.3 is 15.4 Å². The van der Waals surface area contributed by atoms with Crippen molar-refractivity contribution in [2.24, 2.45) is 4.99 Å². The van der Waals surface area contributed by atoms with Gasteiger partial charge in [-0.1, -0.05) is 6.07 Å². The molecule has 0 spiro atoms. The standard InChI is InChI=1S/C20H25FN4OS/c1-20(8-4-10-27-20)14-25-19(22-2)24-12-15-6-7-18(17(21)11-15)26-16-5-3-9-23-13-16/h3,5-7,9,11,13H,4,8,10,12,14H2,1-2H3,(H2,22,24,25). The van der Waals surface area contributed by atoms with E-state index in [4.69, 9.17) is 4.74 Å². The van der Waals surface area contributed by atoms with Crippen LogP contribution in [0.3, 0.4) is 0 Å². The summed E-state index contributed by atoms with van der Waals surface area (Å²) in [5, 5.41) is 6.61. The lowest BCUT2D eigenvalue weighted by Gasteiger charge is -2.24. The van der Waals surface area contributed by atoms with Crippen LogP contribution >= 0.6 is 11.8 Å². The number of rotatable bonds is 6. The lowest BCUT2D eigenvalue weighted by molar-refractivity contribution is 0.440. The van der Waals surface area contributed by atoms with Gasteiger partial charge in [0.25, 0.3) is 0 Å². The van der Waals surface area contributed by atoms with Gasteiger partial charge in [-0.25, -0.2) is 4.39 Å². The van der Waals surface area contributed by atoms with Gasteiger partial charge in [-0.2, -0.15) is 11.8 Å². The van der Waals surface area contributed by atoms with Gasteiger partial charge in [0.15, 0.2) is 17.5 Å². The highest BCUT2D eigenvalue weighted by atomic mass is 32.2. The Balaban J connectivity index is 1.53. The van der Waals surface area contributed by atoms with Crippen molar-refractivity contribution in [1.29, 1.82) is 0 Å². The summed E-state index contributed by atoms with van der Waals surface area (Å²) in [6.45, 7) is 3.62. The van der Waals surface area contributed by atoms with Crippen LogP contribution in [0.5, 0.6) is 11.5 Å². The Bertz CT molecular complexity index is 779. The number of hydrogen-bond acceptors (Lipinski definition) is 4. The van der Waals surface area contributed by atoms with Crippen molar-refractivity contribution in [1.82, 2.24) is 15.6 Å². The maximum atomic E-state index is 14.3. The number of pyridine rings is 1. The van der Waals surface area contributed by atoms with Gasteiger partial charge in [0.1, 0.15) is 5.75 Å². The van der Waals surface area contributed by atoms with E-state index in [0.29, 0.717) is 12.3 Å². The fourth-order valence-corrected chi connectivity index (χ4v) is 4.17. The Kier molecular flexibility index (Phi) is 6.55. The topological polar surface area (TPSA) is 58.5 Å². The molecule has 1 aromatic carbocycles. The van der Waals surface area contributed by atoms with E-state index in [2.05, 4.69) is 27.5 Å². The van der Waals surface area contributed by atoms with Gasteiger partial charge in [-0.15, -0.1) is 0 Å². The number of halogens is 1. The third kappa shape index (κ3) is 5.60. The van der Waals surface area contributed by atoms with Crippen LogP contribution in [0.15, 0.2) is 47.7 Å². The number of ether oxygens (including phenoxy) is 1. The molecule has 1 aromatic heterocycles. The molecule has 2 heterocycles. The third-order valence-electron chi connectivity index (χ3n) is 4.47. The molecule has 5 nitrogen and oxygen atoms in total. The molecule has 3 rings (SSSR count). The van der Waals surface area contributed by atoms with Crippen LogP contribution < -0.4 is 15.4 Å². The van der Waals surface area contributed by atoms with Crippen LogP contribution in [0.1, 0.15) is 25.3 Å². The summed E-state index contributed by atoms with van der Waals surface area (Å²) in [5.41, 5.74) is 0.815. The predicted octanol–water partition coefficient (Wildman–Crippen LogP) is 3.96. The fraction of sp³-hybridized carbons (Fsp3) is 0.400. The molecule has 1 atom stereocenters. The quantitative estimate of drug-likeness (QED) is 0.579. The molecule has 0 bridgehead atoms. The molecule has 144 valence electrons. The zero-order valence-electron chi connectivity index (χ0n) is 15.7. The first-order valence-corrected chi connectivity index (χ1v) is 10.0. The molecule has 0 saturated carbocycles. The molecular weight excluding hydrogens is 363 g/mol. The van der Waals surface area contributed by atoms with Crippen molar-refractivity contribution in [3.8, 4) is 11.5 Å². The number of nitrogens with zero attached hydrogens (tertiary/aromatic N) is 2. The van der Waals surface area contributed by atoms with Crippen molar-refractivity contribution in [2.75, 3.05) is 19.3 Å². The molecule has 1 aliphatic rings. The van der Waals surface area contributed by atoms with Crippen LogP contribution in [-0.2, 0) is 6.54 Å². The average Bonchev–Trinajstić information content (AvgIpc) is 3.11. The Hall–Kier alpha value is -2.28. The minimum absolute atomic E-state index is 0.181. The molecule has 27 heavy (non-hydrogen) atoms. The summed E-state index contributed by atoms with van der Waals surface area (Å²) in [6.07, 6.45) is 5.67. The van der Waals surface area contributed by atoms with E-state index in [1.54, 1.807) is 37.6 Å². The number of aliphatic imine (C=N–C) groups is 1. The minimum Gasteiger partial charge on any atom is -0.453 e. The van der Waals surface area contributed by atoms with Crippen LogP contribution in [0.25, 0.3) is 0 Å². The molecule has 1 unspecified atom stereocenters. The van der Waals surface area contributed by atoms with Crippen molar-refractivity contribution in [3.63, 3.8) is 0 Å². The number of guanidine groups is 1. The van der Waals surface area contributed by atoms with Crippen LogP contribution in [-0.4, -0.2) is 35.0 Å². The van der Waals surface area contributed by atoms with Gasteiger partial charge in [0.05, 0.1) is 6.20 Å². The lowest BCUT2D eigenvalue weighted by atomic mass is 10.1. The third-order valence-corrected chi connectivity index (χ3v) is 6.01. The average molecular weight is 389 g/mol. The second kappa shape index (κ2) is 9.08. The van der Waals surface area contributed by atoms with Gasteiger partial charge >= 0.3 is 0 Å². The Morgan fingerprint density at radius 1 is 1.37 bits per heavy atom. The second-order valence-electron chi connectivity index (χ2n) is 6.74. The van der Waals surface area contributed by atoms with Gasteiger partial charge in [-0.05, 0) is 55.3 Å². The van der Waals surface area contributed by atoms with Crippen molar-refractivity contribution < 1.29 is 9.13 Å². The normalized spacial score (nSPS) is 19.7. The molecule has 0 radical (unpaired) electrons. The van der Waals surface area contributed by atoms with E-state index in [1.165, 1.54) is 24.7 Å². The van der Waals surface area contributed by atoms with Gasteiger partial charge in [0, 0.05) is 31.1 Å². The molecule has 1 aliphatic heterocycles. The van der Waals surface area contributed by atoms with Crippen molar-refractivity contribution in [2.45, 2.75) is 31.1 Å². The van der Waals surface area contributed by atoms with E-state index >= 15 is 0 Å². The molecule has 2 N–H and O–H groups in total. The number of thioether (sulfide) groups is 1. The van der Waals surface area contributed by atoms with E-state index in [-0.39, 0.29) is 10.5 Å². The highest BCUT2D eigenvalue weighted by Crippen LogP contribution is 2.36. The van der Waals surface area contributed by atoms with Crippen LogP contribution in [0, 0.1) is 5.82 Å². The maximum Gasteiger partial charge on any atom is 0.191 e. The Labute approximate surface area is 163 Å². The van der Waals surface area contributed by atoms with Crippen LogP contribution in [0.4, 0.5) is 4.39 Å². The zero-order chi connectivity index (χ0) is 19.1. The second-order valence-corrected chi connectivity index (χ2v) is 8.42. The van der Waals surface area contributed by atoms with Crippen molar-refractivity contribution >= 4 is 17.7 Å². The molecule has 1 saturated heterocycles. The molecular formula is C20H25FN4OS. The van der Waals surface area contributed by atoms with Crippen LogP contribution in [0.2, 0.25) is 0 Å². The van der Waals surface area contributed by atoms with E-state index in [0.717, 1.165) is 18.1 Å². The lowest BCUT2D eigenvalue weighted by Crippen LogP contribution is -2.43. The molecule has 0 aliphatic carbocycles. The Morgan fingerprint density at radius 2 is 2.26 bits per heavy atom.